The fraction of sp³-hybridized carbons (Fsp3) is 0.429. The number of rotatable bonds is 6. The molecule has 0 aliphatic carbocycles. The van der Waals surface area contributed by atoms with E-state index in [0.29, 0.717) is 26.8 Å². The highest BCUT2D eigenvalue weighted by Gasteiger charge is 2.22. The number of fused-ring (bicyclic) bond motifs is 1. The van der Waals surface area contributed by atoms with Gasteiger partial charge in [0.2, 0.25) is 5.91 Å². The number of amides is 1. The molecule has 1 N–H and O–H groups in total. The van der Waals surface area contributed by atoms with Crippen LogP contribution in [0.1, 0.15) is 38.3 Å². The number of carbonyl (C=O) groups excluding carboxylic acids is 1. The van der Waals surface area contributed by atoms with Crippen molar-refractivity contribution in [1.29, 1.82) is 0 Å². The number of anilines is 2. The van der Waals surface area contributed by atoms with Gasteiger partial charge in [-0.05, 0) is 51.3 Å². The lowest BCUT2D eigenvalue weighted by Crippen LogP contribution is -2.25. The molecule has 0 radical (unpaired) electrons. The maximum Gasteiger partial charge on any atom is 0.274 e. The molecule has 10 heteroatoms. The summed E-state index contributed by atoms with van der Waals surface area (Å²) in [6.07, 6.45) is 2.25. The van der Waals surface area contributed by atoms with Crippen LogP contribution in [0.4, 0.5) is 15.2 Å². The molecule has 0 spiro atoms. The van der Waals surface area contributed by atoms with Gasteiger partial charge in [-0.3, -0.25) is 14.2 Å². The fourth-order valence-electron chi connectivity index (χ4n) is 3.46. The van der Waals surface area contributed by atoms with Crippen molar-refractivity contribution in [3.8, 4) is 0 Å². The van der Waals surface area contributed by atoms with E-state index in [1.807, 2.05) is 13.8 Å². The fourth-order valence-corrected chi connectivity index (χ4v) is 5.37. The number of halogens is 1. The highest BCUT2D eigenvalue weighted by atomic mass is 32.2. The Labute approximate surface area is 187 Å². The predicted octanol–water partition coefficient (Wildman–Crippen LogP) is 4.21. The first-order chi connectivity index (χ1) is 14.8. The lowest BCUT2D eigenvalue weighted by atomic mass is 10.2. The van der Waals surface area contributed by atoms with Crippen LogP contribution in [-0.2, 0) is 4.79 Å². The molecule has 3 heterocycles. The number of thiazole rings is 1. The highest BCUT2D eigenvalue weighted by Crippen LogP contribution is 2.30. The van der Waals surface area contributed by atoms with E-state index in [0.717, 1.165) is 31.1 Å². The van der Waals surface area contributed by atoms with Crippen LogP contribution in [0, 0.1) is 12.7 Å². The first-order valence-electron chi connectivity index (χ1n) is 10.2. The first-order valence-corrected chi connectivity index (χ1v) is 12.0. The molecule has 1 aliphatic rings. The van der Waals surface area contributed by atoms with E-state index >= 15 is 0 Å². The molecule has 0 atom stereocenters. The first kappa shape index (κ1) is 21.8. The molecule has 0 saturated carbocycles. The van der Waals surface area contributed by atoms with Crippen LogP contribution >= 0.6 is 23.1 Å². The second-order valence-electron chi connectivity index (χ2n) is 7.81. The van der Waals surface area contributed by atoms with E-state index in [1.54, 1.807) is 23.6 Å². The van der Waals surface area contributed by atoms with Crippen LogP contribution in [0.3, 0.4) is 0 Å². The lowest BCUT2D eigenvalue weighted by Gasteiger charge is -2.14. The number of aromatic nitrogens is 3. The molecule has 31 heavy (non-hydrogen) atoms. The quantitative estimate of drug-likeness (QED) is 0.438. The summed E-state index contributed by atoms with van der Waals surface area (Å²) in [6.45, 7) is 7.38. The number of nitrogens with zero attached hydrogens (tertiary/aromatic N) is 4. The number of hydrogen-bond donors (Lipinski definition) is 1. The van der Waals surface area contributed by atoms with Gasteiger partial charge in [-0.2, -0.15) is 4.98 Å². The average Bonchev–Trinajstić information content (AvgIpc) is 3.38. The van der Waals surface area contributed by atoms with Crippen molar-refractivity contribution in [2.75, 3.05) is 29.1 Å². The summed E-state index contributed by atoms with van der Waals surface area (Å²) < 4.78 is 15.9. The summed E-state index contributed by atoms with van der Waals surface area (Å²) in [5.74, 6) is -0.624. The minimum Gasteiger partial charge on any atom is -0.348 e. The van der Waals surface area contributed by atoms with Gasteiger partial charge in [0.15, 0.2) is 15.9 Å². The van der Waals surface area contributed by atoms with E-state index in [9.17, 15) is 14.0 Å². The van der Waals surface area contributed by atoms with Crippen LogP contribution in [-0.4, -0.2) is 39.3 Å². The van der Waals surface area contributed by atoms with Crippen molar-refractivity contribution < 1.29 is 9.18 Å². The summed E-state index contributed by atoms with van der Waals surface area (Å²) in [5, 5.41) is 3.97. The maximum absolute atomic E-state index is 13.7. The molecule has 7 nitrogen and oxygen atoms in total. The molecule has 1 saturated heterocycles. The van der Waals surface area contributed by atoms with Gasteiger partial charge in [0.1, 0.15) is 10.5 Å². The van der Waals surface area contributed by atoms with E-state index < -0.39 is 0 Å². The van der Waals surface area contributed by atoms with Gasteiger partial charge in [-0.15, -0.1) is 0 Å². The lowest BCUT2D eigenvalue weighted by molar-refractivity contribution is -0.113. The summed E-state index contributed by atoms with van der Waals surface area (Å²) in [6, 6.07) is 4.45. The number of nitrogens with one attached hydrogen (secondary N) is 1. The Balaban J connectivity index is 1.56. The van der Waals surface area contributed by atoms with Crippen molar-refractivity contribution in [3.05, 3.63) is 39.9 Å². The van der Waals surface area contributed by atoms with Crippen molar-refractivity contribution in [2.24, 2.45) is 0 Å². The summed E-state index contributed by atoms with van der Waals surface area (Å²) in [5.41, 5.74) is 1.21. The zero-order valence-corrected chi connectivity index (χ0v) is 19.3. The van der Waals surface area contributed by atoms with Crippen molar-refractivity contribution >= 4 is 50.2 Å². The van der Waals surface area contributed by atoms with Crippen LogP contribution in [0.25, 0.3) is 10.3 Å². The minimum absolute atomic E-state index is 0.0449. The zero-order chi connectivity index (χ0) is 22.1. The number of hydrogen-bond acceptors (Lipinski definition) is 7. The third-order valence-corrected chi connectivity index (χ3v) is 7.15. The number of benzene rings is 1. The van der Waals surface area contributed by atoms with Gasteiger partial charge in [0.25, 0.3) is 5.56 Å². The smallest absolute Gasteiger partial charge is 0.274 e. The third kappa shape index (κ3) is 4.59. The second kappa shape index (κ2) is 8.96. The second-order valence-corrected chi connectivity index (χ2v) is 9.73. The molecule has 1 amide bonds. The maximum atomic E-state index is 13.7. The Kier molecular flexibility index (Phi) is 6.29. The molecule has 1 fully saturated rings. The molecule has 0 bridgehead atoms. The van der Waals surface area contributed by atoms with Gasteiger partial charge < -0.3 is 10.2 Å². The topological polar surface area (TPSA) is 80.1 Å². The van der Waals surface area contributed by atoms with Crippen molar-refractivity contribution in [2.45, 2.75) is 44.8 Å². The Morgan fingerprint density at radius 1 is 1.29 bits per heavy atom. The molecule has 164 valence electrons. The van der Waals surface area contributed by atoms with Crippen LogP contribution in [0.2, 0.25) is 0 Å². The Morgan fingerprint density at radius 2 is 2.03 bits per heavy atom. The van der Waals surface area contributed by atoms with Gasteiger partial charge in [0, 0.05) is 24.8 Å². The minimum atomic E-state index is -0.372. The van der Waals surface area contributed by atoms with E-state index in [4.69, 9.17) is 0 Å². The van der Waals surface area contributed by atoms with Gasteiger partial charge in [-0.25, -0.2) is 9.37 Å². The largest absolute Gasteiger partial charge is 0.348 e. The normalized spacial score (nSPS) is 14.0. The monoisotopic (exact) mass is 461 g/mol. The van der Waals surface area contributed by atoms with E-state index in [-0.39, 0.29) is 29.1 Å². The predicted molar refractivity (Wildman–Crippen MR) is 124 cm³/mol. The molecular formula is C21H24FN5O2S2. The average molecular weight is 462 g/mol. The zero-order valence-electron chi connectivity index (χ0n) is 17.6. The molecule has 2 aromatic heterocycles. The standard InChI is InChI=1S/C21H24FN5O2S2/c1-12(2)27-19(29)17-18(24-20(31-17)26-8-4-5-9-26)25-21(27)30-11-16(28)23-14-7-6-13(3)15(22)10-14/h6-7,10,12H,4-5,8-9,11H2,1-3H3,(H,23,28). The Hall–Kier alpha value is -2.46. The van der Waals surface area contributed by atoms with Crippen LogP contribution in [0.15, 0.2) is 28.2 Å². The van der Waals surface area contributed by atoms with Gasteiger partial charge in [-0.1, -0.05) is 29.2 Å². The van der Waals surface area contributed by atoms with Crippen LogP contribution < -0.4 is 15.8 Å². The SMILES string of the molecule is Cc1ccc(NC(=O)CSc2nc3nc(N4CCCC4)sc3c(=O)n2C(C)C)cc1F. The van der Waals surface area contributed by atoms with Crippen molar-refractivity contribution in [3.63, 3.8) is 0 Å². The molecular weight excluding hydrogens is 437 g/mol. The molecule has 1 aliphatic heterocycles. The number of thioether (sulfide) groups is 1. The number of carbonyl (C=O) groups is 1. The Morgan fingerprint density at radius 3 is 2.71 bits per heavy atom. The summed E-state index contributed by atoms with van der Waals surface area (Å²) >= 11 is 2.56. The molecule has 1 aromatic carbocycles. The third-order valence-electron chi connectivity index (χ3n) is 5.10. The highest BCUT2D eigenvalue weighted by molar-refractivity contribution is 7.99. The molecule has 3 aromatic rings. The summed E-state index contributed by atoms with van der Waals surface area (Å²) in [7, 11) is 0. The van der Waals surface area contributed by atoms with E-state index in [2.05, 4.69) is 20.2 Å². The van der Waals surface area contributed by atoms with Crippen molar-refractivity contribution in [1.82, 2.24) is 14.5 Å². The van der Waals surface area contributed by atoms with Gasteiger partial charge >= 0.3 is 0 Å². The van der Waals surface area contributed by atoms with Crippen LogP contribution in [0.5, 0.6) is 0 Å². The van der Waals surface area contributed by atoms with E-state index in [1.165, 1.54) is 29.2 Å². The van der Waals surface area contributed by atoms with Gasteiger partial charge in [0.05, 0.1) is 5.75 Å². The summed E-state index contributed by atoms with van der Waals surface area (Å²) in [4.78, 5) is 36.9. The molecule has 0 unspecified atom stereocenters. The molecule has 4 rings (SSSR count). The number of aryl methyl sites for hydroxylation is 1. The Bertz CT molecular complexity index is 1180.